The number of aromatic amines is 1. The first-order valence-electron chi connectivity index (χ1n) is 5.84. The van der Waals surface area contributed by atoms with Gasteiger partial charge in [0, 0.05) is 6.20 Å². The fourth-order valence-corrected chi connectivity index (χ4v) is 2.13. The third-order valence-electron chi connectivity index (χ3n) is 2.98. The minimum Gasteiger partial charge on any atom is -0.367 e. The van der Waals surface area contributed by atoms with Gasteiger partial charge in [0.25, 0.3) is 0 Å². The molecule has 0 aliphatic carbocycles. The minimum atomic E-state index is 0.0906. The number of benzene rings is 1. The molecule has 0 fully saturated rings. The van der Waals surface area contributed by atoms with Crippen LogP contribution in [0.5, 0.6) is 0 Å². The minimum absolute atomic E-state index is 0.0906. The quantitative estimate of drug-likeness (QED) is 0.875. The molecule has 1 N–H and O–H groups in total. The lowest BCUT2D eigenvalue weighted by atomic mass is 9.99. The van der Waals surface area contributed by atoms with E-state index in [0.29, 0.717) is 6.61 Å². The lowest BCUT2D eigenvalue weighted by molar-refractivity contribution is 0.0499. The summed E-state index contributed by atoms with van der Waals surface area (Å²) in [6.07, 6.45) is 3.62. The molecule has 1 heterocycles. The Balaban J connectivity index is 2.07. The summed E-state index contributed by atoms with van der Waals surface area (Å²) in [4.78, 5) is 7.07. The van der Waals surface area contributed by atoms with Gasteiger partial charge in [-0.1, -0.05) is 18.2 Å². The molecule has 0 amide bonds. The zero-order valence-corrected chi connectivity index (χ0v) is 10.5. The number of hydrogen-bond acceptors (Lipinski definition) is 2. The average molecular weight is 230 g/mol. The van der Waals surface area contributed by atoms with Crippen molar-refractivity contribution in [2.24, 2.45) is 0 Å². The number of nitrogens with zero attached hydrogens (tertiary/aromatic N) is 1. The van der Waals surface area contributed by atoms with Crippen LogP contribution in [0.2, 0.25) is 0 Å². The van der Waals surface area contributed by atoms with Crippen LogP contribution < -0.4 is 0 Å². The summed E-state index contributed by atoms with van der Waals surface area (Å²) in [7, 11) is 0. The van der Waals surface area contributed by atoms with E-state index in [9.17, 15) is 0 Å². The summed E-state index contributed by atoms with van der Waals surface area (Å²) in [6.45, 7) is 6.87. The van der Waals surface area contributed by atoms with Crippen molar-refractivity contribution in [1.29, 1.82) is 0 Å². The maximum Gasteiger partial charge on any atom is 0.0924 e. The highest BCUT2D eigenvalue weighted by atomic mass is 16.5. The highest BCUT2D eigenvalue weighted by molar-refractivity contribution is 5.35. The van der Waals surface area contributed by atoms with Crippen molar-refractivity contribution >= 4 is 0 Å². The zero-order valence-electron chi connectivity index (χ0n) is 10.5. The van der Waals surface area contributed by atoms with Gasteiger partial charge in [-0.25, -0.2) is 4.98 Å². The molecular weight excluding hydrogens is 212 g/mol. The number of ether oxygens (including phenoxy) is 1. The third-order valence-corrected chi connectivity index (χ3v) is 2.98. The highest BCUT2D eigenvalue weighted by Crippen LogP contribution is 2.25. The van der Waals surface area contributed by atoms with E-state index in [2.05, 4.69) is 48.9 Å². The molecule has 0 radical (unpaired) electrons. The molecule has 0 saturated carbocycles. The van der Waals surface area contributed by atoms with Crippen LogP contribution in [-0.4, -0.2) is 9.97 Å². The second kappa shape index (κ2) is 5.15. The molecule has 0 bridgehead atoms. The van der Waals surface area contributed by atoms with Crippen molar-refractivity contribution in [3.8, 4) is 0 Å². The molecule has 0 aliphatic heterocycles. The summed E-state index contributed by atoms with van der Waals surface area (Å²) in [5.74, 6) is 0. The summed E-state index contributed by atoms with van der Waals surface area (Å²) < 4.78 is 5.85. The van der Waals surface area contributed by atoms with E-state index in [-0.39, 0.29) is 6.10 Å². The maximum atomic E-state index is 5.85. The molecule has 0 saturated heterocycles. The summed E-state index contributed by atoms with van der Waals surface area (Å²) in [6, 6.07) is 6.32. The molecule has 0 aliphatic rings. The van der Waals surface area contributed by atoms with Gasteiger partial charge in [0.1, 0.15) is 0 Å². The molecule has 3 nitrogen and oxygen atoms in total. The summed E-state index contributed by atoms with van der Waals surface area (Å²) >= 11 is 0. The van der Waals surface area contributed by atoms with E-state index in [0.717, 1.165) is 5.69 Å². The highest BCUT2D eigenvalue weighted by Gasteiger charge is 2.11. The number of H-pyrrole nitrogens is 1. The molecule has 1 aromatic carbocycles. The number of aryl methyl sites for hydroxylation is 2. The summed E-state index contributed by atoms with van der Waals surface area (Å²) in [5.41, 5.74) is 4.77. The van der Waals surface area contributed by atoms with Crippen molar-refractivity contribution < 1.29 is 4.74 Å². The van der Waals surface area contributed by atoms with Gasteiger partial charge in [-0.2, -0.15) is 0 Å². The van der Waals surface area contributed by atoms with Gasteiger partial charge in [0.15, 0.2) is 0 Å². The van der Waals surface area contributed by atoms with Crippen LogP contribution in [0.3, 0.4) is 0 Å². The van der Waals surface area contributed by atoms with E-state index in [1.807, 2.05) is 6.20 Å². The smallest absolute Gasteiger partial charge is 0.0924 e. The van der Waals surface area contributed by atoms with Crippen LogP contribution in [0.4, 0.5) is 0 Å². The molecule has 2 rings (SSSR count). The Hall–Kier alpha value is -1.61. The molecule has 1 atom stereocenters. The average Bonchev–Trinajstić information content (AvgIpc) is 2.79. The van der Waals surface area contributed by atoms with Gasteiger partial charge < -0.3 is 9.72 Å². The van der Waals surface area contributed by atoms with Gasteiger partial charge in [0.05, 0.1) is 24.7 Å². The lowest BCUT2D eigenvalue weighted by Crippen LogP contribution is -2.04. The number of rotatable bonds is 4. The second-order valence-corrected chi connectivity index (χ2v) is 4.32. The predicted molar refractivity (Wildman–Crippen MR) is 67.7 cm³/mol. The number of hydrogen-bond donors (Lipinski definition) is 1. The molecule has 1 aromatic heterocycles. The van der Waals surface area contributed by atoms with Gasteiger partial charge in [0.2, 0.25) is 0 Å². The Morgan fingerprint density at radius 3 is 2.59 bits per heavy atom. The number of nitrogens with one attached hydrogen (secondary N) is 1. The zero-order chi connectivity index (χ0) is 12.3. The van der Waals surface area contributed by atoms with Crippen LogP contribution in [-0.2, 0) is 11.3 Å². The summed E-state index contributed by atoms with van der Waals surface area (Å²) in [5, 5.41) is 0. The normalized spacial score (nSPS) is 12.6. The van der Waals surface area contributed by atoms with Crippen molar-refractivity contribution in [2.75, 3.05) is 0 Å². The second-order valence-electron chi connectivity index (χ2n) is 4.32. The van der Waals surface area contributed by atoms with Gasteiger partial charge in [-0.15, -0.1) is 0 Å². The van der Waals surface area contributed by atoms with E-state index in [1.54, 1.807) is 6.33 Å². The Morgan fingerprint density at radius 2 is 2.00 bits per heavy atom. The Bertz CT molecular complexity index is 457. The fourth-order valence-electron chi connectivity index (χ4n) is 2.13. The molecule has 2 aromatic rings. The first kappa shape index (κ1) is 11.9. The molecule has 17 heavy (non-hydrogen) atoms. The van der Waals surface area contributed by atoms with Crippen LogP contribution >= 0.6 is 0 Å². The molecule has 3 heteroatoms. The fraction of sp³-hybridized carbons (Fsp3) is 0.357. The van der Waals surface area contributed by atoms with E-state index in [4.69, 9.17) is 4.74 Å². The molecule has 1 unspecified atom stereocenters. The number of aromatic nitrogens is 2. The Labute approximate surface area is 102 Å². The third kappa shape index (κ3) is 2.74. The Kier molecular flexibility index (Phi) is 3.59. The van der Waals surface area contributed by atoms with Gasteiger partial charge in [-0.3, -0.25) is 0 Å². The Morgan fingerprint density at radius 1 is 1.29 bits per heavy atom. The van der Waals surface area contributed by atoms with Crippen LogP contribution in [0, 0.1) is 13.8 Å². The first-order chi connectivity index (χ1) is 8.18. The maximum absolute atomic E-state index is 5.85. The van der Waals surface area contributed by atoms with Crippen LogP contribution in [0.25, 0.3) is 0 Å². The van der Waals surface area contributed by atoms with E-state index >= 15 is 0 Å². The lowest BCUT2D eigenvalue weighted by Gasteiger charge is -2.17. The van der Waals surface area contributed by atoms with Crippen LogP contribution in [0.1, 0.15) is 35.4 Å². The number of imidazole rings is 1. The van der Waals surface area contributed by atoms with Gasteiger partial charge in [-0.05, 0) is 37.5 Å². The molecule has 90 valence electrons. The standard InChI is InChI=1S/C14H18N2O/c1-10-5-4-6-11(2)14(10)12(3)17-8-13-7-15-9-16-13/h4-7,9,12H,8H2,1-3H3,(H,15,16). The van der Waals surface area contributed by atoms with Crippen molar-refractivity contribution in [2.45, 2.75) is 33.5 Å². The largest absolute Gasteiger partial charge is 0.367 e. The van der Waals surface area contributed by atoms with Crippen molar-refractivity contribution in [3.05, 3.63) is 53.1 Å². The molecule has 0 spiro atoms. The van der Waals surface area contributed by atoms with Crippen molar-refractivity contribution in [1.82, 2.24) is 9.97 Å². The first-order valence-corrected chi connectivity index (χ1v) is 5.84. The molecular formula is C14H18N2O. The van der Waals surface area contributed by atoms with E-state index in [1.165, 1.54) is 16.7 Å². The topological polar surface area (TPSA) is 37.9 Å². The van der Waals surface area contributed by atoms with E-state index < -0.39 is 0 Å². The predicted octanol–water partition coefficient (Wildman–Crippen LogP) is 3.30. The van der Waals surface area contributed by atoms with Crippen molar-refractivity contribution in [3.63, 3.8) is 0 Å². The SMILES string of the molecule is Cc1cccc(C)c1C(C)OCc1c[nH]cn1. The van der Waals surface area contributed by atoms with Crippen LogP contribution in [0.15, 0.2) is 30.7 Å². The monoisotopic (exact) mass is 230 g/mol. The van der Waals surface area contributed by atoms with Gasteiger partial charge >= 0.3 is 0 Å².